The molecule has 3 heterocycles. The van der Waals surface area contributed by atoms with Crippen molar-refractivity contribution in [1.29, 1.82) is 0 Å². The minimum atomic E-state index is 0.454. The lowest BCUT2D eigenvalue weighted by molar-refractivity contribution is 0.213. The highest BCUT2D eigenvalue weighted by Crippen LogP contribution is 2.36. The Labute approximate surface area is 144 Å². The van der Waals surface area contributed by atoms with Gasteiger partial charge in [0.1, 0.15) is 5.76 Å². The lowest BCUT2D eigenvalue weighted by Crippen LogP contribution is -2.30. The Morgan fingerprint density at radius 1 is 1.42 bits per heavy atom. The molecule has 3 rings (SSSR count). The van der Waals surface area contributed by atoms with Gasteiger partial charge in [-0.3, -0.25) is 9.88 Å². The van der Waals surface area contributed by atoms with E-state index in [-0.39, 0.29) is 0 Å². The molecule has 0 aromatic carbocycles. The van der Waals surface area contributed by atoms with Crippen LogP contribution in [-0.4, -0.2) is 47.1 Å². The Hall–Kier alpha value is -1.72. The second-order valence-corrected chi connectivity index (χ2v) is 6.97. The van der Waals surface area contributed by atoms with E-state index >= 15 is 0 Å². The fourth-order valence-electron chi connectivity index (χ4n) is 3.95. The molecule has 130 valence electrons. The molecule has 0 unspecified atom stereocenters. The van der Waals surface area contributed by atoms with Gasteiger partial charge >= 0.3 is 0 Å². The second kappa shape index (κ2) is 7.45. The summed E-state index contributed by atoms with van der Waals surface area (Å²) >= 11 is 0. The predicted molar refractivity (Wildman–Crippen MR) is 94.7 cm³/mol. The van der Waals surface area contributed by atoms with E-state index in [0.29, 0.717) is 12.0 Å². The van der Waals surface area contributed by atoms with E-state index in [9.17, 15) is 0 Å². The molecule has 0 saturated carbocycles. The van der Waals surface area contributed by atoms with Crippen LogP contribution in [0.2, 0.25) is 0 Å². The zero-order valence-electron chi connectivity index (χ0n) is 15.2. The molecular weight excluding hydrogens is 300 g/mol. The molecule has 0 aliphatic carbocycles. The van der Waals surface area contributed by atoms with Gasteiger partial charge in [0, 0.05) is 37.1 Å². The minimum absolute atomic E-state index is 0.454. The van der Waals surface area contributed by atoms with Crippen LogP contribution in [-0.2, 0) is 13.0 Å². The van der Waals surface area contributed by atoms with Crippen molar-refractivity contribution in [3.63, 3.8) is 0 Å². The van der Waals surface area contributed by atoms with Crippen molar-refractivity contribution in [2.75, 3.05) is 27.2 Å². The van der Waals surface area contributed by atoms with E-state index in [1.807, 2.05) is 25.4 Å². The lowest BCUT2D eigenvalue weighted by atomic mass is 9.94. The van der Waals surface area contributed by atoms with E-state index < -0.39 is 0 Å². The molecule has 1 aliphatic rings. The van der Waals surface area contributed by atoms with Crippen LogP contribution >= 0.6 is 0 Å². The Morgan fingerprint density at radius 3 is 2.96 bits per heavy atom. The molecule has 2 aromatic rings. The van der Waals surface area contributed by atoms with Crippen LogP contribution in [0, 0.1) is 12.8 Å². The largest absolute Gasteiger partial charge is 0.361 e. The van der Waals surface area contributed by atoms with Crippen molar-refractivity contribution in [3.8, 4) is 0 Å². The Kier molecular flexibility index (Phi) is 5.31. The number of hydrogen-bond acceptors (Lipinski definition) is 5. The lowest BCUT2D eigenvalue weighted by Gasteiger charge is -2.28. The normalized spacial score (nSPS) is 21.7. The number of aryl methyl sites for hydroxylation is 2. The zero-order valence-corrected chi connectivity index (χ0v) is 15.2. The van der Waals surface area contributed by atoms with Crippen LogP contribution in [0.15, 0.2) is 29.0 Å². The van der Waals surface area contributed by atoms with Crippen molar-refractivity contribution in [1.82, 2.24) is 19.9 Å². The molecule has 1 fully saturated rings. The van der Waals surface area contributed by atoms with Crippen LogP contribution in [0.5, 0.6) is 0 Å². The van der Waals surface area contributed by atoms with E-state index in [0.717, 1.165) is 37.5 Å². The van der Waals surface area contributed by atoms with Crippen LogP contribution in [0.25, 0.3) is 0 Å². The van der Waals surface area contributed by atoms with Gasteiger partial charge in [-0.2, -0.15) is 0 Å². The van der Waals surface area contributed by atoms with Crippen LogP contribution in [0.3, 0.4) is 0 Å². The number of likely N-dealkylation sites (tertiary alicyclic amines) is 1. The van der Waals surface area contributed by atoms with Crippen molar-refractivity contribution >= 4 is 0 Å². The highest BCUT2D eigenvalue weighted by molar-refractivity contribution is 5.22. The summed E-state index contributed by atoms with van der Waals surface area (Å²) in [6.07, 6.45) is 6.01. The van der Waals surface area contributed by atoms with Crippen LogP contribution in [0.4, 0.5) is 0 Å². The number of nitrogens with zero attached hydrogens (tertiary/aromatic N) is 4. The smallest absolute Gasteiger partial charge is 0.138 e. The topological polar surface area (TPSA) is 45.4 Å². The highest BCUT2D eigenvalue weighted by atomic mass is 16.5. The number of rotatable bonds is 6. The quantitative estimate of drug-likeness (QED) is 0.815. The van der Waals surface area contributed by atoms with Crippen LogP contribution < -0.4 is 0 Å². The molecule has 2 atom stereocenters. The third-order valence-corrected chi connectivity index (χ3v) is 5.18. The third kappa shape index (κ3) is 3.52. The molecule has 0 radical (unpaired) electrons. The predicted octanol–water partition coefficient (Wildman–Crippen LogP) is 3.07. The van der Waals surface area contributed by atoms with Gasteiger partial charge in [-0.05, 0) is 58.0 Å². The molecule has 5 heteroatoms. The standard InChI is InChI=1S/C19H28N4O/c1-5-18-17(14(2)24-21-18)13-22(3)12-16-8-10-23(4)19(16)15-7-6-9-20-11-15/h6-7,9,11,16,19H,5,8,10,12-13H2,1-4H3/t16-,19-/m0/s1. The first-order valence-electron chi connectivity index (χ1n) is 8.82. The zero-order chi connectivity index (χ0) is 17.1. The average molecular weight is 328 g/mol. The maximum absolute atomic E-state index is 5.37. The van der Waals surface area contributed by atoms with Crippen molar-refractivity contribution in [2.24, 2.45) is 5.92 Å². The van der Waals surface area contributed by atoms with Crippen molar-refractivity contribution in [3.05, 3.63) is 47.1 Å². The van der Waals surface area contributed by atoms with Gasteiger partial charge in [-0.1, -0.05) is 18.1 Å². The molecule has 24 heavy (non-hydrogen) atoms. The molecule has 0 bridgehead atoms. The highest BCUT2D eigenvalue weighted by Gasteiger charge is 2.33. The van der Waals surface area contributed by atoms with Gasteiger partial charge in [0.25, 0.3) is 0 Å². The average Bonchev–Trinajstić information content (AvgIpc) is 3.11. The maximum Gasteiger partial charge on any atom is 0.138 e. The van der Waals surface area contributed by atoms with Crippen LogP contribution in [0.1, 0.15) is 42.0 Å². The first-order valence-corrected chi connectivity index (χ1v) is 8.82. The van der Waals surface area contributed by atoms with Gasteiger partial charge < -0.3 is 9.42 Å². The van der Waals surface area contributed by atoms with Crippen molar-refractivity contribution in [2.45, 2.75) is 39.3 Å². The molecule has 0 N–H and O–H groups in total. The SMILES string of the molecule is CCc1noc(C)c1CN(C)C[C@@H]1CCN(C)[C@H]1c1cccnc1. The molecule has 1 saturated heterocycles. The van der Waals surface area contributed by atoms with E-state index in [1.54, 1.807) is 0 Å². The summed E-state index contributed by atoms with van der Waals surface area (Å²) in [6, 6.07) is 4.69. The molecular formula is C19H28N4O. The monoisotopic (exact) mass is 328 g/mol. The Morgan fingerprint density at radius 2 is 2.25 bits per heavy atom. The Balaban J connectivity index is 1.69. The number of pyridine rings is 1. The van der Waals surface area contributed by atoms with E-state index in [4.69, 9.17) is 4.52 Å². The summed E-state index contributed by atoms with van der Waals surface area (Å²) in [7, 11) is 4.42. The van der Waals surface area contributed by atoms with E-state index in [2.05, 4.69) is 47.0 Å². The Bertz CT molecular complexity index is 655. The molecule has 0 spiro atoms. The number of hydrogen-bond donors (Lipinski definition) is 0. The maximum atomic E-state index is 5.37. The van der Waals surface area contributed by atoms with Gasteiger partial charge in [0.2, 0.25) is 0 Å². The summed E-state index contributed by atoms with van der Waals surface area (Å²) in [5.41, 5.74) is 3.67. The first kappa shape index (κ1) is 17.1. The first-order chi connectivity index (χ1) is 11.6. The van der Waals surface area contributed by atoms with Gasteiger partial charge in [0.15, 0.2) is 0 Å². The van der Waals surface area contributed by atoms with Gasteiger partial charge in [-0.25, -0.2) is 0 Å². The van der Waals surface area contributed by atoms with Gasteiger partial charge in [0.05, 0.1) is 5.69 Å². The second-order valence-electron chi connectivity index (χ2n) is 6.97. The molecule has 5 nitrogen and oxygen atoms in total. The summed E-state index contributed by atoms with van der Waals surface area (Å²) in [5, 5.41) is 4.18. The summed E-state index contributed by atoms with van der Waals surface area (Å²) < 4.78 is 5.37. The fourth-order valence-corrected chi connectivity index (χ4v) is 3.95. The molecule has 1 aliphatic heterocycles. The van der Waals surface area contributed by atoms with Crippen molar-refractivity contribution < 1.29 is 4.52 Å². The third-order valence-electron chi connectivity index (χ3n) is 5.18. The van der Waals surface area contributed by atoms with E-state index in [1.165, 1.54) is 17.5 Å². The summed E-state index contributed by atoms with van der Waals surface area (Å²) in [5.74, 6) is 1.57. The fraction of sp³-hybridized carbons (Fsp3) is 0.579. The minimum Gasteiger partial charge on any atom is -0.361 e. The number of aromatic nitrogens is 2. The molecule has 0 amide bonds. The molecule has 2 aromatic heterocycles. The summed E-state index contributed by atoms with van der Waals surface area (Å²) in [4.78, 5) is 9.18. The van der Waals surface area contributed by atoms with Gasteiger partial charge in [-0.15, -0.1) is 0 Å². The summed E-state index contributed by atoms with van der Waals surface area (Å²) in [6.45, 7) is 7.25.